The Morgan fingerprint density at radius 2 is 1.85 bits per heavy atom. The summed E-state index contributed by atoms with van der Waals surface area (Å²) in [6.07, 6.45) is 5.35. The van der Waals surface area contributed by atoms with Crippen molar-refractivity contribution < 1.29 is 17.5 Å². The van der Waals surface area contributed by atoms with Crippen LogP contribution < -0.4 is 9.47 Å². The number of hydrogen-bond acceptors (Lipinski definition) is 7. The molecule has 1 fully saturated rings. The number of benzene rings is 1. The molecule has 0 unspecified atom stereocenters. The van der Waals surface area contributed by atoms with E-state index in [-0.39, 0.29) is 5.75 Å². The normalized spacial score (nSPS) is 15.2. The van der Waals surface area contributed by atoms with E-state index in [4.69, 9.17) is 0 Å². The van der Waals surface area contributed by atoms with Crippen molar-refractivity contribution in [2.24, 2.45) is 10.2 Å². The SMILES string of the molecule is O=S(=O)([O-])CCCC[n+]1ccsc1/N=N/c1ccc(N2CCCC2)cc1. The van der Waals surface area contributed by atoms with E-state index in [1.54, 1.807) is 0 Å². The standard InChI is InChI=1S/C17H22N4O3S2/c22-26(23,24)14-4-3-11-21-12-13-25-17(21)19-18-15-5-7-16(8-6-15)20-9-1-2-10-20/h5-8,12-13H,1-4,9-11,14H2. The van der Waals surface area contributed by atoms with Gasteiger partial charge in [0, 0.05) is 29.9 Å². The zero-order chi connectivity index (χ0) is 18.4. The highest BCUT2D eigenvalue weighted by atomic mass is 32.2. The van der Waals surface area contributed by atoms with Crippen molar-refractivity contribution in [2.75, 3.05) is 23.7 Å². The number of aryl methyl sites for hydroxylation is 1. The lowest BCUT2D eigenvalue weighted by Gasteiger charge is -2.16. The highest BCUT2D eigenvalue weighted by molar-refractivity contribution is 7.85. The van der Waals surface area contributed by atoms with Crippen LogP contribution in [0.4, 0.5) is 16.5 Å². The van der Waals surface area contributed by atoms with Crippen molar-refractivity contribution in [1.29, 1.82) is 0 Å². The second kappa shape index (κ2) is 8.70. The summed E-state index contributed by atoms with van der Waals surface area (Å²) in [4.78, 5) is 2.37. The largest absolute Gasteiger partial charge is 0.748 e. The predicted octanol–water partition coefficient (Wildman–Crippen LogP) is 3.38. The molecule has 0 saturated carbocycles. The van der Waals surface area contributed by atoms with Gasteiger partial charge in [-0.3, -0.25) is 0 Å². The van der Waals surface area contributed by atoms with Crippen LogP contribution in [0.3, 0.4) is 0 Å². The van der Waals surface area contributed by atoms with Gasteiger partial charge in [0.2, 0.25) is 0 Å². The molecule has 0 N–H and O–H groups in total. The first kappa shape index (κ1) is 18.9. The van der Waals surface area contributed by atoms with Gasteiger partial charge >= 0.3 is 5.13 Å². The Morgan fingerprint density at radius 3 is 2.54 bits per heavy atom. The molecule has 2 heterocycles. The first-order valence-electron chi connectivity index (χ1n) is 8.68. The fourth-order valence-corrected chi connectivity index (χ4v) is 4.18. The van der Waals surface area contributed by atoms with Gasteiger partial charge in [-0.2, -0.15) is 0 Å². The van der Waals surface area contributed by atoms with E-state index in [0.29, 0.717) is 19.4 Å². The molecule has 3 rings (SSSR count). The zero-order valence-corrected chi connectivity index (χ0v) is 16.1. The molecular formula is C17H22N4O3S2. The van der Waals surface area contributed by atoms with Gasteiger partial charge < -0.3 is 9.45 Å². The molecule has 26 heavy (non-hydrogen) atoms. The Kier molecular flexibility index (Phi) is 6.33. The zero-order valence-electron chi connectivity index (χ0n) is 14.5. The third kappa shape index (κ3) is 5.58. The summed E-state index contributed by atoms with van der Waals surface area (Å²) in [6, 6.07) is 8.08. The van der Waals surface area contributed by atoms with E-state index in [0.717, 1.165) is 23.9 Å². The monoisotopic (exact) mass is 394 g/mol. The van der Waals surface area contributed by atoms with Crippen LogP contribution in [0.25, 0.3) is 0 Å². The smallest absolute Gasteiger partial charge is 0.408 e. The minimum atomic E-state index is -4.13. The second-order valence-corrected chi connectivity index (χ2v) is 8.66. The van der Waals surface area contributed by atoms with E-state index in [2.05, 4.69) is 27.3 Å². The van der Waals surface area contributed by atoms with Crippen LogP contribution in [0.1, 0.15) is 25.7 Å². The molecule has 1 aromatic heterocycles. The molecule has 0 amide bonds. The molecule has 7 nitrogen and oxygen atoms in total. The quantitative estimate of drug-likeness (QED) is 0.297. The highest BCUT2D eigenvalue weighted by Gasteiger charge is 2.13. The highest BCUT2D eigenvalue weighted by Crippen LogP contribution is 2.24. The summed E-state index contributed by atoms with van der Waals surface area (Å²) in [7, 11) is -4.13. The molecule has 1 saturated heterocycles. The summed E-state index contributed by atoms with van der Waals surface area (Å²) in [5, 5.41) is 11.3. The Labute approximate surface area is 157 Å². The minimum Gasteiger partial charge on any atom is -0.748 e. The van der Waals surface area contributed by atoms with Gasteiger partial charge in [-0.15, -0.1) is 0 Å². The first-order valence-corrected chi connectivity index (χ1v) is 11.1. The van der Waals surface area contributed by atoms with Gasteiger partial charge in [0.05, 0.1) is 21.8 Å². The molecule has 0 atom stereocenters. The minimum absolute atomic E-state index is 0.322. The first-order chi connectivity index (χ1) is 12.5. The lowest BCUT2D eigenvalue weighted by molar-refractivity contribution is -0.680. The van der Waals surface area contributed by atoms with E-state index in [1.807, 2.05) is 28.3 Å². The van der Waals surface area contributed by atoms with Crippen LogP contribution in [0.15, 0.2) is 46.1 Å². The van der Waals surface area contributed by atoms with Gasteiger partial charge in [-0.05, 0) is 66.4 Å². The molecule has 2 aromatic rings. The van der Waals surface area contributed by atoms with E-state index >= 15 is 0 Å². The van der Waals surface area contributed by atoms with E-state index in [1.165, 1.54) is 29.9 Å². The number of unbranched alkanes of at least 4 members (excludes halogenated alkanes) is 1. The molecule has 0 bridgehead atoms. The molecule has 0 aliphatic carbocycles. The molecule has 0 spiro atoms. The van der Waals surface area contributed by atoms with Crippen molar-refractivity contribution in [3.63, 3.8) is 0 Å². The molecule has 1 aromatic carbocycles. The maximum atomic E-state index is 10.6. The molecule has 9 heteroatoms. The van der Waals surface area contributed by atoms with Gasteiger partial charge in [-0.25, -0.2) is 13.0 Å². The molecule has 0 radical (unpaired) electrons. The van der Waals surface area contributed by atoms with Crippen molar-refractivity contribution in [3.8, 4) is 0 Å². The molecule has 1 aliphatic rings. The van der Waals surface area contributed by atoms with Crippen LogP contribution in [0.2, 0.25) is 0 Å². The van der Waals surface area contributed by atoms with Crippen LogP contribution >= 0.6 is 11.3 Å². The fraction of sp³-hybridized carbons (Fsp3) is 0.471. The summed E-state index contributed by atoms with van der Waals surface area (Å²) < 4.78 is 33.8. The number of azo groups is 1. The number of aromatic nitrogens is 1. The Morgan fingerprint density at radius 1 is 1.12 bits per heavy atom. The third-order valence-electron chi connectivity index (χ3n) is 4.28. The number of anilines is 1. The summed E-state index contributed by atoms with van der Waals surface area (Å²) >= 11 is 1.47. The number of thiazole rings is 1. The third-order valence-corrected chi connectivity index (χ3v) is 5.85. The fourth-order valence-electron chi connectivity index (χ4n) is 2.91. The molecule has 140 valence electrons. The second-order valence-electron chi connectivity index (χ2n) is 6.26. The summed E-state index contributed by atoms with van der Waals surface area (Å²) in [6.45, 7) is 2.84. The van der Waals surface area contributed by atoms with Crippen LogP contribution in [0, 0.1) is 0 Å². The summed E-state index contributed by atoms with van der Waals surface area (Å²) in [5.41, 5.74) is 2.02. The van der Waals surface area contributed by atoms with Gasteiger partial charge in [0.15, 0.2) is 0 Å². The maximum absolute atomic E-state index is 10.6. The maximum Gasteiger partial charge on any atom is 0.408 e. The van der Waals surface area contributed by atoms with Crippen LogP contribution in [-0.4, -0.2) is 31.8 Å². The predicted molar refractivity (Wildman–Crippen MR) is 100 cm³/mol. The molecule has 1 aliphatic heterocycles. The van der Waals surface area contributed by atoms with Crippen molar-refractivity contribution in [2.45, 2.75) is 32.2 Å². The number of hydrogen-bond donors (Lipinski definition) is 0. The van der Waals surface area contributed by atoms with Crippen LogP contribution in [0.5, 0.6) is 0 Å². The van der Waals surface area contributed by atoms with Crippen molar-refractivity contribution >= 4 is 38.0 Å². The average Bonchev–Trinajstić information content (AvgIpc) is 3.28. The van der Waals surface area contributed by atoms with Crippen molar-refractivity contribution in [1.82, 2.24) is 0 Å². The average molecular weight is 395 g/mol. The Balaban J connectivity index is 1.56. The van der Waals surface area contributed by atoms with Crippen molar-refractivity contribution in [3.05, 3.63) is 35.8 Å². The molecular weight excluding hydrogens is 372 g/mol. The Bertz CT molecular complexity index is 841. The number of nitrogens with zero attached hydrogens (tertiary/aromatic N) is 4. The van der Waals surface area contributed by atoms with Gasteiger partial charge in [-0.1, -0.05) is 0 Å². The topological polar surface area (TPSA) is 89.0 Å². The van der Waals surface area contributed by atoms with Gasteiger partial charge in [0.25, 0.3) is 0 Å². The van der Waals surface area contributed by atoms with Crippen LogP contribution in [-0.2, 0) is 16.7 Å². The van der Waals surface area contributed by atoms with Gasteiger partial charge in [0.1, 0.15) is 11.9 Å². The van der Waals surface area contributed by atoms with E-state index in [9.17, 15) is 13.0 Å². The van der Waals surface area contributed by atoms with E-state index < -0.39 is 10.1 Å². The Hall–Kier alpha value is -1.84. The summed E-state index contributed by atoms with van der Waals surface area (Å²) in [5.74, 6) is -0.322. The number of rotatable bonds is 8. The lowest BCUT2D eigenvalue weighted by atomic mass is 10.2. The lowest BCUT2D eigenvalue weighted by Crippen LogP contribution is -2.31.